The Balaban J connectivity index is 2.54. The molecular weight excluding hydrogens is 398 g/mol. The Labute approximate surface area is 188 Å². The van der Waals surface area contributed by atoms with Gasteiger partial charge in [0.15, 0.2) is 5.78 Å². The highest BCUT2D eigenvalue weighted by Crippen LogP contribution is 2.01. The summed E-state index contributed by atoms with van der Waals surface area (Å²) in [7, 11) is 0. The minimum Gasteiger partial charge on any atom is -0.390 e. The molecule has 31 heavy (non-hydrogen) atoms. The number of aliphatic hydroxyl groups is 1. The lowest BCUT2D eigenvalue weighted by molar-refractivity contribution is -0.129. The number of ketones is 1. The normalized spacial score (nSPS) is 20.0. The summed E-state index contributed by atoms with van der Waals surface area (Å²) in [5.74, 6) is -0.434. The Morgan fingerprint density at radius 3 is 1.61 bits per heavy atom. The van der Waals surface area contributed by atoms with Crippen molar-refractivity contribution in [3.63, 3.8) is 0 Å². The highest BCUT2D eigenvalue weighted by molar-refractivity contribution is 5.79. The zero-order chi connectivity index (χ0) is 23.1. The smallest absolute Gasteiger partial charge is 0.246 e. The van der Waals surface area contributed by atoms with Crippen LogP contribution in [-0.4, -0.2) is 141 Å². The molecule has 9 nitrogen and oxygen atoms in total. The monoisotopic (exact) mass is 443 g/mol. The first-order valence-electron chi connectivity index (χ1n) is 11.8. The SMILES string of the molecule is CCN1CCN(CC)CCN(CC(O)CNC(=O)COCC(C)=O)CCN(CC)CC1. The summed E-state index contributed by atoms with van der Waals surface area (Å²) >= 11 is 0. The average Bonchev–Trinajstić information content (AvgIpc) is 2.74. The number of carbonyl (C=O) groups is 2. The summed E-state index contributed by atoms with van der Waals surface area (Å²) in [5.41, 5.74) is 0. The van der Waals surface area contributed by atoms with Crippen LogP contribution in [0, 0.1) is 0 Å². The number of Topliss-reactive ketones (excluding diaryl/α,β-unsaturated/α-hetero) is 1. The third-order valence-corrected chi connectivity index (χ3v) is 5.81. The summed E-state index contributed by atoms with van der Waals surface area (Å²) in [5, 5.41) is 13.2. The number of aliphatic hydroxyl groups excluding tert-OH is 1. The Kier molecular flexibility index (Phi) is 14.9. The van der Waals surface area contributed by atoms with E-state index in [-0.39, 0.29) is 31.4 Å². The molecule has 2 N–H and O–H groups in total. The van der Waals surface area contributed by atoms with Crippen LogP contribution in [0.1, 0.15) is 27.7 Å². The fraction of sp³-hybridized carbons (Fsp3) is 0.909. The van der Waals surface area contributed by atoms with Crippen molar-refractivity contribution in [1.29, 1.82) is 0 Å². The summed E-state index contributed by atoms with van der Waals surface area (Å²) < 4.78 is 5.01. The van der Waals surface area contributed by atoms with E-state index in [0.717, 1.165) is 72.0 Å². The van der Waals surface area contributed by atoms with Crippen LogP contribution < -0.4 is 5.32 Å². The average molecular weight is 444 g/mol. The summed E-state index contributed by atoms with van der Waals surface area (Å²) in [6.45, 7) is 19.6. The molecule has 182 valence electrons. The number of hydrogen-bond donors (Lipinski definition) is 2. The van der Waals surface area contributed by atoms with Crippen molar-refractivity contribution in [3.8, 4) is 0 Å². The summed E-state index contributed by atoms with van der Waals surface area (Å²) in [6, 6.07) is 0. The first kappa shape index (κ1) is 27.9. The number of ether oxygens (including phenoxy) is 1. The second-order valence-electron chi connectivity index (χ2n) is 8.26. The maximum absolute atomic E-state index is 11.8. The van der Waals surface area contributed by atoms with Crippen LogP contribution in [0.4, 0.5) is 0 Å². The third kappa shape index (κ3) is 13.1. The molecule has 1 aliphatic heterocycles. The number of likely N-dealkylation sites (N-methyl/N-ethyl adjacent to an activating group) is 3. The van der Waals surface area contributed by atoms with Crippen molar-refractivity contribution < 1.29 is 19.4 Å². The van der Waals surface area contributed by atoms with E-state index >= 15 is 0 Å². The Hall–Kier alpha value is -1.10. The van der Waals surface area contributed by atoms with Crippen molar-refractivity contribution in [1.82, 2.24) is 24.9 Å². The van der Waals surface area contributed by atoms with E-state index < -0.39 is 6.10 Å². The van der Waals surface area contributed by atoms with Gasteiger partial charge in [-0.05, 0) is 26.6 Å². The maximum atomic E-state index is 11.8. The van der Waals surface area contributed by atoms with E-state index in [0.29, 0.717) is 6.54 Å². The van der Waals surface area contributed by atoms with Crippen LogP contribution in [0.5, 0.6) is 0 Å². The molecule has 0 spiro atoms. The van der Waals surface area contributed by atoms with Crippen molar-refractivity contribution in [3.05, 3.63) is 0 Å². The van der Waals surface area contributed by atoms with Crippen LogP contribution >= 0.6 is 0 Å². The second-order valence-corrected chi connectivity index (χ2v) is 8.26. The fourth-order valence-electron chi connectivity index (χ4n) is 3.64. The number of nitrogens with one attached hydrogen (secondary N) is 1. The number of nitrogens with zero attached hydrogens (tertiary/aromatic N) is 4. The largest absolute Gasteiger partial charge is 0.390 e. The van der Waals surface area contributed by atoms with Crippen LogP contribution in [0.25, 0.3) is 0 Å². The standard InChI is InChI=1S/C22H45N5O4/c1-5-24-8-10-25(6-2)12-14-27(15-13-26(7-3)11-9-24)17-21(29)16-23-22(30)19-31-18-20(4)28/h21,29H,5-19H2,1-4H3,(H,23,30). The number of β-amino-alcohol motifs (C(OH)–C–C–N with tert-alkyl or cyclic N) is 1. The van der Waals surface area contributed by atoms with Gasteiger partial charge in [0, 0.05) is 65.4 Å². The topological polar surface area (TPSA) is 88.6 Å². The van der Waals surface area contributed by atoms with Crippen molar-refractivity contribution >= 4 is 11.7 Å². The molecule has 0 radical (unpaired) electrons. The first-order valence-corrected chi connectivity index (χ1v) is 11.8. The molecule has 9 heteroatoms. The van der Waals surface area contributed by atoms with E-state index in [9.17, 15) is 14.7 Å². The molecule has 1 rings (SSSR count). The predicted molar refractivity (Wildman–Crippen MR) is 123 cm³/mol. The van der Waals surface area contributed by atoms with Crippen LogP contribution in [0.3, 0.4) is 0 Å². The number of carbonyl (C=O) groups excluding carboxylic acids is 2. The van der Waals surface area contributed by atoms with Gasteiger partial charge in [-0.2, -0.15) is 0 Å². The quantitative estimate of drug-likeness (QED) is 0.436. The Morgan fingerprint density at radius 1 is 0.806 bits per heavy atom. The van der Waals surface area contributed by atoms with E-state index in [1.807, 2.05) is 0 Å². The maximum Gasteiger partial charge on any atom is 0.246 e. The lowest BCUT2D eigenvalue weighted by atomic mass is 10.2. The molecule has 0 aromatic rings. The molecule has 1 aliphatic rings. The molecule has 0 aromatic carbocycles. The van der Waals surface area contributed by atoms with Crippen molar-refractivity contribution in [2.24, 2.45) is 0 Å². The molecule has 1 heterocycles. The van der Waals surface area contributed by atoms with Crippen molar-refractivity contribution in [2.45, 2.75) is 33.8 Å². The van der Waals surface area contributed by atoms with Gasteiger partial charge in [-0.1, -0.05) is 20.8 Å². The highest BCUT2D eigenvalue weighted by atomic mass is 16.5. The Bertz CT molecular complexity index is 488. The summed E-state index contributed by atoms with van der Waals surface area (Å²) in [6.07, 6.45) is -0.648. The molecular formula is C22H45N5O4. The van der Waals surface area contributed by atoms with Gasteiger partial charge in [-0.25, -0.2) is 0 Å². The van der Waals surface area contributed by atoms with Crippen LogP contribution in [-0.2, 0) is 14.3 Å². The second kappa shape index (κ2) is 16.5. The van der Waals surface area contributed by atoms with Gasteiger partial charge in [0.1, 0.15) is 13.2 Å². The lowest BCUT2D eigenvalue weighted by Crippen LogP contribution is -2.48. The van der Waals surface area contributed by atoms with Crippen LogP contribution in [0.15, 0.2) is 0 Å². The van der Waals surface area contributed by atoms with Gasteiger partial charge < -0.3 is 29.9 Å². The minimum atomic E-state index is -0.648. The van der Waals surface area contributed by atoms with Gasteiger partial charge in [-0.3, -0.25) is 14.5 Å². The van der Waals surface area contributed by atoms with E-state index in [2.05, 4.69) is 45.7 Å². The molecule has 1 fully saturated rings. The number of rotatable bonds is 11. The molecule has 0 saturated carbocycles. The zero-order valence-corrected chi connectivity index (χ0v) is 20.1. The lowest BCUT2D eigenvalue weighted by Gasteiger charge is -2.34. The van der Waals surface area contributed by atoms with E-state index in [4.69, 9.17) is 4.74 Å². The molecule has 0 bridgehead atoms. The van der Waals surface area contributed by atoms with Gasteiger partial charge in [0.05, 0.1) is 6.10 Å². The van der Waals surface area contributed by atoms with Gasteiger partial charge in [0.25, 0.3) is 0 Å². The molecule has 1 saturated heterocycles. The van der Waals surface area contributed by atoms with E-state index in [1.54, 1.807) is 0 Å². The molecule has 0 aliphatic carbocycles. The minimum absolute atomic E-state index is 0.0678. The fourth-order valence-corrected chi connectivity index (χ4v) is 3.64. The van der Waals surface area contributed by atoms with E-state index in [1.165, 1.54) is 6.92 Å². The third-order valence-electron chi connectivity index (χ3n) is 5.81. The number of amides is 1. The van der Waals surface area contributed by atoms with Crippen molar-refractivity contribution in [2.75, 3.05) is 98.3 Å². The predicted octanol–water partition coefficient (Wildman–Crippen LogP) is -0.650. The molecule has 1 atom stereocenters. The first-order chi connectivity index (χ1) is 14.9. The van der Waals surface area contributed by atoms with Gasteiger partial charge >= 0.3 is 0 Å². The van der Waals surface area contributed by atoms with Gasteiger partial charge in [-0.15, -0.1) is 0 Å². The zero-order valence-electron chi connectivity index (χ0n) is 20.1. The molecule has 1 amide bonds. The van der Waals surface area contributed by atoms with Gasteiger partial charge in [0.2, 0.25) is 5.91 Å². The molecule has 1 unspecified atom stereocenters. The van der Waals surface area contributed by atoms with Crippen LogP contribution in [0.2, 0.25) is 0 Å². The Morgan fingerprint density at radius 2 is 1.23 bits per heavy atom. The number of hydrogen-bond acceptors (Lipinski definition) is 8. The summed E-state index contributed by atoms with van der Waals surface area (Å²) in [4.78, 5) is 32.4. The highest BCUT2D eigenvalue weighted by Gasteiger charge is 2.17. The molecule has 0 aromatic heterocycles.